The molecule has 2 aromatic heterocycles. The first-order valence-electron chi connectivity index (χ1n) is 9.91. The lowest BCUT2D eigenvalue weighted by Crippen LogP contribution is -2.29. The van der Waals surface area contributed by atoms with E-state index in [1.165, 1.54) is 49.7 Å². The summed E-state index contributed by atoms with van der Waals surface area (Å²) in [6.07, 6.45) is 12.8. The van der Waals surface area contributed by atoms with E-state index in [2.05, 4.69) is 25.2 Å². The molecule has 0 saturated carbocycles. The van der Waals surface area contributed by atoms with Crippen molar-refractivity contribution in [1.29, 1.82) is 0 Å². The number of piperidine rings is 1. The van der Waals surface area contributed by atoms with Crippen LogP contribution in [0.25, 0.3) is 0 Å². The van der Waals surface area contributed by atoms with E-state index >= 15 is 0 Å². The second kappa shape index (κ2) is 12.2. The van der Waals surface area contributed by atoms with Crippen LogP contribution in [0.4, 0.5) is 0 Å². The zero-order chi connectivity index (χ0) is 20.2. The fourth-order valence-corrected chi connectivity index (χ4v) is 3.64. The summed E-state index contributed by atoms with van der Waals surface area (Å²) in [7, 11) is 0. The molecule has 1 N–H and O–H groups in total. The number of hydrogen-bond acceptors (Lipinski definition) is 7. The van der Waals surface area contributed by atoms with Crippen LogP contribution >= 0.6 is 11.8 Å². The van der Waals surface area contributed by atoms with Gasteiger partial charge in [-0.2, -0.15) is 0 Å². The molecule has 0 atom stereocenters. The molecule has 0 spiro atoms. The van der Waals surface area contributed by atoms with Crippen molar-refractivity contribution in [2.24, 2.45) is 0 Å². The molecule has 3 heterocycles. The van der Waals surface area contributed by atoms with Gasteiger partial charge in [0.25, 0.3) is 0 Å². The van der Waals surface area contributed by atoms with Crippen molar-refractivity contribution in [2.45, 2.75) is 31.0 Å². The molecule has 0 unspecified atom stereocenters. The van der Waals surface area contributed by atoms with Crippen LogP contribution in [0.15, 0.2) is 54.1 Å². The SMILES string of the molecule is O=C(CSc1ncccn1)NC/C=C\COc1cc(CN2CCCCC2)ccn1. The number of hydrogen-bond donors (Lipinski definition) is 1. The molecule has 1 aliphatic heterocycles. The molecule has 2 aromatic rings. The third-order valence-corrected chi connectivity index (χ3v) is 5.32. The Morgan fingerprint density at radius 2 is 1.97 bits per heavy atom. The van der Waals surface area contributed by atoms with Gasteiger partial charge in [0.05, 0.1) is 5.75 Å². The maximum Gasteiger partial charge on any atom is 0.230 e. The number of nitrogens with zero attached hydrogens (tertiary/aromatic N) is 4. The van der Waals surface area contributed by atoms with Gasteiger partial charge in [-0.1, -0.05) is 24.3 Å². The fraction of sp³-hybridized carbons (Fsp3) is 0.429. The smallest absolute Gasteiger partial charge is 0.230 e. The predicted molar refractivity (Wildman–Crippen MR) is 114 cm³/mol. The summed E-state index contributed by atoms with van der Waals surface area (Å²) in [4.78, 5) is 26.7. The standard InChI is InChI=1S/C21H27N5O2S/c27-19(17-29-21-24-9-6-10-25-21)22-8-2-5-14-28-20-15-18(7-11-23-20)16-26-12-3-1-4-13-26/h2,5-7,9-11,15H,1,3-4,8,12-14,16-17H2,(H,22,27)/b5-2-. The Morgan fingerprint density at radius 1 is 1.14 bits per heavy atom. The molecule has 1 fully saturated rings. The lowest BCUT2D eigenvalue weighted by atomic mass is 10.1. The van der Waals surface area contributed by atoms with E-state index in [1.54, 1.807) is 24.7 Å². The molecule has 0 aromatic carbocycles. The van der Waals surface area contributed by atoms with Crippen LogP contribution in [0.2, 0.25) is 0 Å². The van der Waals surface area contributed by atoms with Gasteiger partial charge >= 0.3 is 0 Å². The summed E-state index contributed by atoms with van der Waals surface area (Å²) in [6.45, 7) is 4.17. The van der Waals surface area contributed by atoms with E-state index in [0.29, 0.717) is 29.9 Å². The van der Waals surface area contributed by atoms with E-state index in [4.69, 9.17) is 4.74 Å². The highest BCUT2D eigenvalue weighted by molar-refractivity contribution is 7.99. The first-order valence-corrected chi connectivity index (χ1v) is 10.9. The lowest BCUT2D eigenvalue weighted by Gasteiger charge is -2.26. The Morgan fingerprint density at radius 3 is 2.79 bits per heavy atom. The zero-order valence-corrected chi connectivity index (χ0v) is 17.3. The first-order chi connectivity index (χ1) is 14.3. The molecule has 29 heavy (non-hydrogen) atoms. The zero-order valence-electron chi connectivity index (χ0n) is 16.5. The van der Waals surface area contributed by atoms with Gasteiger partial charge in [0.1, 0.15) is 6.61 Å². The van der Waals surface area contributed by atoms with E-state index in [-0.39, 0.29) is 5.91 Å². The monoisotopic (exact) mass is 413 g/mol. The van der Waals surface area contributed by atoms with Crippen molar-refractivity contribution >= 4 is 17.7 Å². The average Bonchev–Trinajstić information content (AvgIpc) is 2.76. The number of pyridine rings is 1. The number of carbonyl (C=O) groups is 1. The Hall–Kier alpha value is -2.45. The second-order valence-corrected chi connectivity index (χ2v) is 7.69. The molecule has 1 aliphatic rings. The average molecular weight is 414 g/mol. The molecule has 1 saturated heterocycles. The first kappa shape index (κ1) is 21.3. The van der Waals surface area contributed by atoms with Crippen molar-refractivity contribution in [1.82, 2.24) is 25.2 Å². The summed E-state index contributed by atoms with van der Waals surface area (Å²) in [5.41, 5.74) is 1.23. The highest BCUT2D eigenvalue weighted by Crippen LogP contribution is 2.15. The molecule has 7 nitrogen and oxygen atoms in total. The van der Waals surface area contributed by atoms with Crippen molar-refractivity contribution in [3.8, 4) is 5.88 Å². The summed E-state index contributed by atoms with van der Waals surface area (Å²) in [6, 6.07) is 5.80. The molecular weight excluding hydrogens is 386 g/mol. The maximum atomic E-state index is 11.8. The molecule has 154 valence electrons. The van der Waals surface area contributed by atoms with Gasteiger partial charge < -0.3 is 10.1 Å². The minimum absolute atomic E-state index is 0.0555. The number of nitrogens with one attached hydrogen (secondary N) is 1. The molecular formula is C21H27N5O2S. The number of aromatic nitrogens is 3. The maximum absolute atomic E-state index is 11.8. The summed E-state index contributed by atoms with van der Waals surface area (Å²) >= 11 is 1.31. The molecule has 8 heteroatoms. The minimum Gasteiger partial charge on any atom is -0.473 e. The van der Waals surface area contributed by atoms with Gasteiger partial charge in [-0.3, -0.25) is 9.69 Å². The summed E-state index contributed by atoms with van der Waals surface area (Å²) in [5, 5.41) is 3.43. The van der Waals surface area contributed by atoms with Gasteiger partial charge in [-0.15, -0.1) is 0 Å². The van der Waals surface area contributed by atoms with E-state index in [1.807, 2.05) is 24.3 Å². The van der Waals surface area contributed by atoms with Crippen LogP contribution in [0.1, 0.15) is 24.8 Å². The second-order valence-electron chi connectivity index (χ2n) is 6.75. The van der Waals surface area contributed by atoms with Crippen LogP contribution in [0, 0.1) is 0 Å². The van der Waals surface area contributed by atoms with Crippen LogP contribution in [0.5, 0.6) is 5.88 Å². The number of ether oxygens (including phenoxy) is 1. The number of rotatable bonds is 10. The van der Waals surface area contributed by atoms with Crippen LogP contribution in [-0.2, 0) is 11.3 Å². The Bertz CT molecular complexity index is 782. The van der Waals surface area contributed by atoms with Gasteiger partial charge in [0.15, 0.2) is 5.16 Å². The number of likely N-dealkylation sites (tertiary alicyclic amines) is 1. The largest absolute Gasteiger partial charge is 0.473 e. The van der Waals surface area contributed by atoms with Gasteiger partial charge in [-0.25, -0.2) is 15.0 Å². The molecule has 0 radical (unpaired) electrons. The number of carbonyl (C=O) groups excluding carboxylic acids is 1. The number of thioether (sulfide) groups is 1. The number of amides is 1. The highest BCUT2D eigenvalue weighted by atomic mass is 32.2. The normalized spacial score (nSPS) is 14.8. The molecule has 3 rings (SSSR count). The molecule has 1 amide bonds. The van der Waals surface area contributed by atoms with Crippen molar-refractivity contribution in [2.75, 3.05) is 32.0 Å². The van der Waals surface area contributed by atoms with Crippen LogP contribution in [0.3, 0.4) is 0 Å². The van der Waals surface area contributed by atoms with Crippen molar-refractivity contribution in [3.63, 3.8) is 0 Å². The molecule has 0 bridgehead atoms. The third-order valence-electron chi connectivity index (χ3n) is 4.44. The Balaban J connectivity index is 1.30. The molecule has 0 aliphatic carbocycles. The van der Waals surface area contributed by atoms with E-state index in [9.17, 15) is 4.79 Å². The van der Waals surface area contributed by atoms with Crippen molar-refractivity contribution < 1.29 is 9.53 Å². The summed E-state index contributed by atoms with van der Waals surface area (Å²) < 4.78 is 5.70. The van der Waals surface area contributed by atoms with Crippen LogP contribution in [-0.4, -0.2) is 57.8 Å². The van der Waals surface area contributed by atoms with E-state index in [0.717, 1.165) is 6.54 Å². The van der Waals surface area contributed by atoms with Crippen LogP contribution < -0.4 is 10.1 Å². The Labute approximate surface area is 176 Å². The quantitative estimate of drug-likeness (QED) is 0.364. The lowest BCUT2D eigenvalue weighted by molar-refractivity contribution is -0.118. The van der Waals surface area contributed by atoms with Crippen molar-refractivity contribution in [3.05, 3.63) is 54.5 Å². The highest BCUT2D eigenvalue weighted by Gasteiger charge is 2.10. The van der Waals surface area contributed by atoms with Gasteiger partial charge in [-0.05, 0) is 49.7 Å². The van der Waals surface area contributed by atoms with Gasteiger partial charge in [0, 0.05) is 37.7 Å². The summed E-state index contributed by atoms with van der Waals surface area (Å²) in [5.74, 6) is 0.870. The third kappa shape index (κ3) is 8.21. The minimum atomic E-state index is -0.0555. The predicted octanol–water partition coefficient (Wildman–Crippen LogP) is 2.70. The topological polar surface area (TPSA) is 80.2 Å². The van der Waals surface area contributed by atoms with Gasteiger partial charge in [0.2, 0.25) is 11.8 Å². The fourth-order valence-electron chi connectivity index (χ4n) is 3.00. The van der Waals surface area contributed by atoms with E-state index < -0.39 is 0 Å². The Kier molecular flexibility index (Phi) is 8.93.